The molecule has 0 bridgehead atoms. The summed E-state index contributed by atoms with van der Waals surface area (Å²) in [5.74, 6) is -9.91. The van der Waals surface area contributed by atoms with E-state index in [-0.39, 0.29) is 0 Å². The standard InChI is InChI=1S/C6F9IO6/c7-4(8,9)1(17)20-16(21-2(18)5(10,11)12)22-3(19)6(13,14)15. The first-order chi connectivity index (χ1) is 9.55. The van der Waals surface area contributed by atoms with Crippen LogP contribution < -0.4 is 0 Å². The average Bonchev–Trinajstić information content (AvgIpc) is 2.24. The van der Waals surface area contributed by atoms with Gasteiger partial charge < -0.3 is 0 Å². The summed E-state index contributed by atoms with van der Waals surface area (Å²) < 4.78 is 115. The summed E-state index contributed by atoms with van der Waals surface area (Å²) in [4.78, 5) is 30.9. The van der Waals surface area contributed by atoms with Crippen molar-refractivity contribution < 1.29 is 63.1 Å². The Kier molecular flexibility index (Phi) is 6.28. The van der Waals surface area contributed by atoms with Gasteiger partial charge in [0.2, 0.25) is 0 Å². The SMILES string of the molecule is O=C(OI(OC(=O)C(F)(F)F)OC(=O)C(F)(F)F)C(F)(F)F. The van der Waals surface area contributed by atoms with E-state index in [4.69, 9.17) is 0 Å². The van der Waals surface area contributed by atoms with Crippen LogP contribution in [0.5, 0.6) is 0 Å². The molecule has 0 rings (SSSR count). The van der Waals surface area contributed by atoms with E-state index in [0.29, 0.717) is 0 Å². The molecular formula is C6F9IO6. The van der Waals surface area contributed by atoms with Crippen LogP contribution in [0.1, 0.15) is 0 Å². The van der Waals surface area contributed by atoms with Crippen LogP contribution in [-0.4, -0.2) is 36.4 Å². The Morgan fingerprint density at radius 3 is 0.864 bits per heavy atom. The summed E-state index contributed by atoms with van der Waals surface area (Å²) in [5, 5.41) is 0. The third-order valence-electron chi connectivity index (χ3n) is 1.09. The number of hydrogen-bond acceptors (Lipinski definition) is 6. The van der Waals surface area contributed by atoms with Gasteiger partial charge in [0.05, 0.1) is 0 Å². The van der Waals surface area contributed by atoms with Crippen molar-refractivity contribution in [1.29, 1.82) is 0 Å². The van der Waals surface area contributed by atoms with Crippen molar-refractivity contribution in [2.45, 2.75) is 18.5 Å². The second-order valence-corrected chi connectivity index (χ2v) is 5.18. The molecular weight excluding hydrogens is 466 g/mol. The molecule has 0 saturated carbocycles. The molecule has 130 valence electrons. The van der Waals surface area contributed by atoms with Gasteiger partial charge in [0.25, 0.3) is 0 Å². The van der Waals surface area contributed by atoms with E-state index >= 15 is 0 Å². The van der Waals surface area contributed by atoms with Gasteiger partial charge in [-0.1, -0.05) is 0 Å². The molecule has 0 aromatic heterocycles. The molecule has 0 N–H and O–H groups in total. The number of halogens is 10. The molecule has 0 aliphatic rings. The molecule has 0 radical (unpaired) electrons. The van der Waals surface area contributed by atoms with E-state index in [1.165, 1.54) is 0 Å². The van der Waals surface area contributed by atoms with Crippen LogP contribution in [0.3, 0.4) is 0 Å². The van der Waals surface area contributed by atoms with Gasteiger partial charge in [0, 0.05) is 0 Å². The molecule has 0 atom stereocenters. The zero-order chi connectivity index (χ0) is 17.9. The van der Waals surface area contributed by atoms with Crippen molar-refractivity contribution in [2.75, 3.05) is 0 Å². The molecule has 0 fully saturated rings. The molecule has 0 unspecified atom stereocenters. The molecule has 0 heterocycles. The van der Waals surface area contributed by atoms with E-state index < -0.39 is 57.5 Å². The second-order valence-electron chi connectivity index (χ2n) is 2.78. The van der Waals surface area contributed by atoms with E-state index in [9.17, 15) is 53.9 Å². The zero-order valence-electron chi connectivity index (χ0n) is 9.23. The van der Waals surface area contributed by atoms with Crippen LogP contribution in [0, 0.1) is 0 Å². The molecule has 0 aromatic carbocycles. The fourth-order valence-corrected chi connectivity index (χ4v) is 2.35. The van der Waals surface area contributed by atoms with Crippen molar-refractivity contribution in [1.82, 2.24) is 0 Å². The van der Waals surface area contributed by atoms with Gasteiger partial charge in [-0.05, 0) is 0 Å². The van der Waals surface area contributed by atoms with Gasteiger partial charge >= 0.3 is 121 Å². The Balaban J connectivity index is 5.12. The third kappa shape index (κ3) is 6.98. The topological polar surface area (TPSA) is 78.9 Å². The quantitative estimate of drug-likeness (QED) is 0.471. The fraction of sp³-hybridized carbons (Fsp3) is 0.500. The van der Waals surface area contributed by atoms with E-state index in [1.54, 1.807) is 0 Å². The molecule has 6 nitrogen and oxygen atoms in total. The Bertz CT molecular complexity index is 384. The van der Waals surface area contributed by atoms with Crippen LogP contribution in [0.15, 0.2) is 0 Å². The van der Waals surface area contributed by atoms with E-state index in [0.717, 1.165) is 0 Å². The van der Waals surface area contributed by atoms with Crippen LogP contribution >= 0.6 is 21.1 Å². The molecule has 0 aromatic rings. The Hall–Kier alpha value is -1.49. The average molecular weight is 466 g/mol. The number of alkyl halides is 9. The van der Waals surface area contributed by atoms with Gasteiger partial charge in [-0.2, -0.15) is 0 Å². The fourth-order valence-electron chi connectivity index (χ4n) is 0.350. The number of carbonyl (C=O) groups is 3. The summed E-state index contributed by atoms with van der Waals surface area (Å²) in [7, 11) is 0. The van der Waals surface area contributed by atoms with Crippen LogP contribution in [0.25, 0.3) is 0 Å². The minimum atomic E-state index is -5.84. The molecule has 0 saturated heterocycles. The van der Waals surface area contributed by atoms with Crippen molar-refractivity contribution in [3.63, 3.8) is 0 Å². The molecule has 0 aliphatic carbocycles. The zero-order valence-corrected chi connectivity index (χ0v) is 11.4. The van der Waals surface area contributed by atoms with Crippen molar-refractivity contribution >= 4 is 39.0 Å². The number of carbonyl (C=O) groups excluding carboxylic acids is 3. The van der Waals surface area contributed by atoms with Crippen molar-refractivity contribution in [2.24, 2.45) is 0 Å². The predicted molar refractivity (Wildman–Crippen MR) is 50.5 cm³/mol. The van der Waals surface area contributed by atoms with E-state index in [1.807, 2.05) is 0 Å². The van der Waals surface area contributed by atoms with E-state index in [2.05, 4.69) is 9.20 Å². The number of rotatable bonds is 3. The molecule has 0 spiro atoms. The van der Waals surface area contributed by atoms with Gasteiger partial charge in [-0.15, -0.1) is 0 Å². The molecule has 0 amide bonds. The molecule has 16 heteroatoms. The normalized spacial score (nSPS) is 13.2. The second kappa shape index (κ2) is 6.73. The first kappa shape index (κ1) is 20.5. The summed E-state index contributed by atoms with van der Waals surface area (Å²) in [6.45, 7) is 0. The minimum absolute atomic E-state index is 3.05. The van der Waals surface area contributed by atoms with Gasteiger partial charge in [-0.25, -0.2) is 0 Å². The van der Waals surface area contributed by atoms with Crippen molar-refractivity contribution in [3.05, 3.63) is 0 Å². The Morgan fingerprint density at radius 2 is 0.727 bits per heavy atom. The predicted octanol–water partition coefficient (Wildman–Crippen LogP) is 2.55. The molecule has 0 aliphatic heterocycles. The maximum atomic E-state index is 11.8. The Labute approximate surface area is 121 Å². The summed E-state index contributed by atoms with van der Waals surface area (Å²) >= 11 is -5.62. The van der Waals surface area contributed by atoms with Gasteiger partial charge in [0.15, 0.2) is 0 Å². The van der Waals surface area contributed by atoms with Gasteiger partial charge in [0.1, 0.15) is 0 Å². The number of hydrogen-bond donors (Lipinski definition) is 0. The maximum absolute atomic E-state index is 11.8. The summed E-state index contributed by atoms with van der Waals surface area (Å²) in [5.41, 5.74) is 0. The summed E-state index contributed by atoms with van der Waals surface area (Å²) in [6, 6.07) is 0. The summed E-state index contributed by atoms with van der Waals surface area (Å²) in [6.07, 6.45) is -17.5. The van der Waals surface area contributed by atoms with Crippen molar-refractivity contribution in [3.8, 4) is 0 Å². The van der Waals surface area contributed by atoms with Gasteiger partial charge in [-0.3, -0.25) is 0 Å². The van der Waals surface area contributed by atoms with Crippen LogP contribution in [0.2, 0.25) is 0 Å². The Morgan fingerprint density at radius 1 is 0.545 bits per heavy atom. The monoisotopic (exact) mass is 466 g/mol. The third-order valence-corrected chi connectivity index (χ3v) is 3.37. The first-order valence-electron chi connectivity index (χ1n) is 4.14. The first-order valence-corrected chi connectivity index (χ1v) is 6.78. The van der Waals surface area contributed by atoms with Crippen LogP contribution in [0.4, 0.5) is 39.5 Å². The van der Waals surface area contributed by atoms with Crippen LogP contribution in [-0.2, 0) is 23.6 Å². The molecule has 22 heavy (non-hydrogen) atoms.